The fraction of sp³-hybridized carbons (Fsp3) is 0.579. The van der Waals surface area contributed by atoms with E-state index in [0.29, 0.717) is 23.7 Å². The van der Waals surface area contributed by atoms with Crippen LogP contribution in [0, 0.1) is 11.8 Å². The Balaban J connectivity index is 1.63. The van der Waals surface area contributed by atoms with E-state index in [4.69, 9.17) is 5.73 Å². The predicted octanol–water partition coefficient (Wildman–Crippen LogP) is 2.63. The quantitative estimate of drug-likeness (QED) is 0.891. The maximum absolute atomic E-state index is 12.6. The maximum atomic E-state index is 12.6. The lowest BCUT2D eigenvalue weighted by molar-refractivity contribution is -0.120. The Kier molecular flexibility index (Phi) is 5.51. The number of hydrogen-bond donors (Lipinski definition) is 2. The molecule has 3 N–H and O–H groups in total. The molecule has 1 aromatic carbocycles. The van der Waals surface area contributed by atoms with Crippen molar-refractivity contribution in [2.45, 2.75) is 38.5 Å². The highest BCUT2D eigenvalue weighted by Crippen LogP contribution is 2.25. The molecule has 5 nitrogen and oxygen atoms in total. The molecule has 3 rings (SSSR count). The number of carbonyl (C=O) groups excluding carboxylic acids is 2. The summed E-state index contributed by atoms with van der Waals surface area (Å²) in [7, 11) is 0. The number of hydrogen-bond acceptors (Lipinski definition) is 3. The van der Waals surface area contributed by atoms with Gasteiger partial charge < -0.3 is 16.0 Å². The van der Waals surface area contributed by atoms with Gasteiger partial charge in [-0.25, -0.2) is 0 Å². The van der Waals surface area contributed by atoms with Gasteiger partial charge in [0.2, 0.25) is 5.91 Å². The number of carbonyl (C=O) groups is 2. The van der Waals surface area contributed by atoms with Crippen LogP contribution in [0.4, 0.5) is 5.69 Å². The lowest BCUT2D eigenvalue weighted by Gasteiger charge is -2.21. The molecule has 0 spiro atoms. The van der Waals surface area contributed by atoms with Gasteiger partial charge in [0, 0.05) is 30.3 Å². The van der Waals surface area contributed by atoms with Crippen molar-refractivity contribution in [1.29, 1.82) is 0 Å². The molecular weight excluding hydrogens is 302 g/mol. The van der Waals surface area contributed by atoms with E-state index >= 15 is 0 Å². The predicted molar refractivity (Wildman–Crippen MR) is 94.7 cm³/mol. The van der Waals surface area contributed by atoms with Gasteiger partial charge in [0.15, 0.2) is 0 Å². The normalized spacial score (nSPS) is 21.7. The van der Waals surface area contributed by atoms with Gasteiger partial charge in [-0.15, -0.1) is 0 Å². The van der Waals surface area contributed by atoms with E-state index in [0.717, 1.165) is 45.2 Å². The van der Waals surface area contributed by atoms with Crippen LogP contribution in [0.15, 0.2) is 24.3 Å². The molecule has 1 aliphatic carbocycles. The van der Waals surface area contributed by atoms with Crippen molar-refractivity contribution >= 4 is 17.5 Å². The average molecular weight is 329 g/mol. The molecule has 0 bridgehead atoms. The highest BCUT2D eigenvalue weighted by Gasteiger charge is 2.26. The lowest BCUT2D eigenvalue weighted by atomic mass is 9.88. The van der Waals surface area contributed by atoms with Gasteiger partial charge in [-0.05, 0) is 49.9 Å². The smallest absolute Gasteiger partial charge is 0.253 e. The Morgan fingerprint density at radius 2 is 1.96 bits per heavy atom. The zero-order valence-electron chi connectivity index (χ0n) is 14.2. The molecule has 24 heavy (non-hydrogen) atoms. The Morgan fingerprint density at radius 1 is 1.17 bits per heavy atom. The Bertz CT molecular complexity index is 596. The van der Waals surface area contributed by atoms with E-state index in [9.17, 15) is 9.59 Å². The fourth-order valence-electron chi connectivity index (χ4n) is 3.73. The van der Waals surface area contributed by atoms with Crippen LogP contribution in [0.2, 0.25) is 0 Å². The van der Waals surface area contributed by atoms with Crippen molar-refractivity contribution in [2.24, 2.45) is 17.6 Å². The lowest BCUT2D eigenvalue weighted by Crippen LogP contribution is -2.30. The summed E-state index contributed by atoms with van der Waals surface area (Å²) in [5, 5.41) is 2.99. The van der Waals surface area contributed by atoms with Crippen LogP contribution in [0.3, 0.4) is 0 Å². The van der Waals surface area contributed by atoms with E-state index in [-0.39, 0.29) is 17.7 Å². The maximum Gasteiger partial charge on any atom is 0.253 e. The molecule has 2 amide bonds. The molecule has 0 radical (unpaired) electrons. The number of nitrogens with one attached hydrogen (secondary N) is 1. The first-order chi connectivity index (χ1) is 11.7. The van der Waals surface area contributed by atoms with Gasteiger partial charge in [0.25, 0.3) is 5.91 Å². The molecule has 1 aromatic rings. The summed E-state index contributed by atoms with van der Waals surface area (Å²) >= 11 is 0. The summed E-state index contributed by atoms with van der Waals surface area (Å²) in [5.74, 6) is 0.633. The Morgan fingerprint density at radius 3 is 2.67 bits per heavy atom. The third kappa shape index (κ3) is 3.96. The molecule has 1 atom stereocenters. The van der Waals surface area contributed by atoms with E-state index < -0.39 is 0 Å². The highest BCUT2D eigenvalue weighted by molar-refractivity contribution is 5.97. The molecule has 1 unspecified atom stereocenters. The zero-order valence-corrected chi connectivity index (χ0v) is 14.2. The monoisotopic (exact) mass is 329 g/mol. The SMILES string of the molecule is NCC1CCN(C(=O)c2cccc(NC(=O)C3CCCCC3)c2)C1. The minimum Gasteiger partial charge on any atom is -0.338 e. The molecule has 1 saturated carbocycles. The zero-order chi connectivity index (χ0) is 16.9. The van der Waals surface area contributed by atoms with Crippen molar-refractivity contribution < 1.29 is 9.59 Å². The molecular formula is C19H27N3O2. The number of likely N-dealkylation sites (tertiary alicyclic amines) is 1. The summed E-state index contributed by atoms with van der Waals surface area (Å²) in [6.45, 7) is 2.12. The van der Waals surface area contributed by atoms with Crippen LogP contribution < -0.4 is 11.1 Å². The summed E-state index contributed by atoms with van der Waals surface area (Å²) in [4.78, 5) is 26.8. The van der Waals surface area contributed by atoms with E-state index in [1.54, 1.807) is 6.07 Å². The van der Waals surface area contributed by atoms with Crippen LogP contribution in [0.5, 0.6) is 0 Å². The number of nitrogens with two attached hydrogens (primary N) is 1. The van der Waals surface area contributed by atoms with Gasteiger partial charge in [-0.3, -0.25) is 9.59 Å². The standard InChI is InChI=1S/C19H27N3O2/c20-12-14-9-10-22(13-14)19(24)16-7-4-8-17(11-16)21-18(23)15-5-2-1-3-6-15/h4,7-8,11,14-15H,1-3,5-6,9-10,12-13,20H2,(H,21,23). The largest absolute Gasteiger partial charge is 0.338 e. The first-order valence-corrected chi connectivity index (χ1v) is 9.07. The first kappa shape index (κ1) is 17.0. The minimum absolute atomic E-state index is 0.0275. The Hall–Kier alpha value is -1.88. The van der Waals surface area contributed by atoms with Crippen molar-refractivity contribution in [3.8, 4) is 0 Å². The van der Waals surface area contributed by atoms with Gasteiger partial charge >= 0.3 is 0 Å². The topological polar surface area (TPSA) is 75.4 Å². The van der Waals surface area contributed by atoms with Gasteiger partial charge in [0.05, 0.1) is 0 Å². The minimum atomic E-state index is 0.0275. The molecule has 1 aliphatic heterocycles. The number of nitrogens with zero attached hydrogens (tertiary/aromatic N) is 1. The van der Waals surface area contributed by atoms with Crippen LogP contribution in [-0.4, -0.2) is 36.3 Å². The second-order valence-electron chi connectivity index (χ2n) is 7.05. The number of benzene rings is 1. The number of rotatable bonds is 4. The first-order valence-electron chi connectivity index (χ1n) is 9.07. The third-order valence-electron chi connectivity index (χ3n) is 5.26. The summed E-state index contributed by atoms with van der Waals surface area (Å²) in [6.07, 6.45) is 6.41. The summed E-state index contributed by atoms with van der Waals surface area (Å²) in [5.41, 5.74) is 7.05. The van der Waals surface area contributed by atoms with Crippen LogP contribution in [0.1, 0.15) is 48.9 Å². The van der Waals surface area contributed by atoms with E-state index in [1.165, 1.54) is 6.42 Å². The molecule has 1 saturated heterocycles. The molecule has 2 aliphatic rings. The molecule has 1 heterocycles. The van der Waals surface area contributed by atoms with Crippen molar-refractivity contribution in [2.75, 3.05) is 25.0 Å². The van der Waals surface area contributed by atoms with Crippen LogP contribution in [0.25, 0.3) is 0 Å². The molecule has 0 aromatic heterocycles. The van der Waals surface area contributed by atoms with Crippen molar-refractivity contribution in [1.82, 2.24) is 4.90 Å². The van der Waals surface area contributed by atoms with Gasteiger partial charge in [-0.2, -0.15) is 0 Å². The molecule has 5 heteroatoms. The molecule has 130 valence electrons. The average Bonchev–Trinajstić information content (AvgIpc) is 3.11. The summed E-state index contributed by atoms with van der Waals surface area (Å²) in [6, 6.07) is 7.29. The fourth-order valence-corrected chi connectivity index (χ4v) is 3.73. The van der Waals surface area contributed by atoms with Crippen LogP contribution in [-0.2, 0) is 4.79 Å². The number of anilines is 1. The van der Waals surface area contributed by atoms with Crippen molar-refractivity contribution in [3.05, 3.63) is 29.8 Å². The second kappa shape index (κ2) is 7.79. The van der Waals surface area contributed by atoms with E-state index in [1.807, 2.05) is 23.1 Å². The Labute approximate surface area is 143 Å². The van der Waals surface area contributed by atoms with Crippen molar-refractivity contribution in [3.63, 3.8) is 0 Å². The van der Waals surface area contributed by atoms with Gasteiger partial charge in [0.1, 0.15) is 0 Å². The highest BCUT2D eigenvalue weighted by atomic mass is 16.2. The van der Waals surface area contributed by atoms with E-state index in [2.05, 4.69) is 5.32 Å². The van der Waals surface area contributed by atoms with Crippen LogP contribution >= 0.6 is 0 Å². The van der Waals surface area contributed by atoms with Gasteiger partial charge in [-0.1, -0.05) is 25.3 Å². The third-order valence-corrected chi connectivity index (χ3v) is 5.26. The number of amides is 2. The summed E-state index contributed by atoms with van der Waals surface area (Å²) < 4.78 is 0. The molecule has 2 fully saturated rings. The second-order valence-corrected chi connectivity index (χ2v) is 7.05.